The quantitative estimate of drug-likeness (QED) is 0.632. The summed E-state index contributed by atoms with van der Waals surface area (Å²) in [5.41, 5.74) is -0.658. The smallest absolute Gasteiger partial charge is 0.314 e. The van der Waals surface area contributed by atoms with Crippen LogP contribution in [0, 0.1) is 5.92 Å². The number of benzene rings is 1. The maximum absolute atomic E-state index is 11.9. The molecule has 118 valence electrons. The SMILES string of the molecule is CCCCCC(CC)C(C)(C(=O)O)c1cc(O)cc(O)c1. The summed E-state index contributed by atoms with van der Waals surface area (Å²) in [4.78, 5) is 11.9. The van der Waals surface area contributed by atoms with Gasteiger partial charge in [0.1, 0.15) is 11.5 Å². The molecule has 0 aliphatic heterocycles. The zero-order valence-corrected chi connectivity index (χ0v) is 13.1. The number of aliphatic carboxylic acids is 1. The molecule has 0 heterocycles. The summed E-state index contributed by atoms with van der Waals surface area (Å²) < 4.78 is 0. The Bertz CT molecular complexity index is 463. The number of unbranched alkanes of at least 4 members (excludes halogenated alkanes) is 2. The molecular weight excluding hydrogens is 268 g/mol. The number of carboxylic acids is 1. The molecule has 4 heteroatoms. The van der Waals surface area contributed by atoms with E-state index in [4.69, 9.17) is 0 Å². The first-order valence-corrected chi connectivity index (χ1v) is 7.63. The molecule has 0 aliphatic rings. The van der Waals surface area contributed by atoms with E-state index in [0.717, 1.165) is 32.1 Å². The van der Waals surface area contributed by atoms with Crippen molar-refractivity contribution in [3.63, 3.8) is 0 Å². The van der Waals surface area contributed by atoms with Crippen molar-refractivity contribution in [3.8, 4) is 11.5 Å². The highest BCUT2D eigenvalue weighted by Gasteiger charge is 2.42. The highest BCUT2D eigenvalue weighted by Crippen LogP contribution is 2.40. The van der Waals surface area contributed by atoms with Gasteiger partial charge in [-0.2, -0.15) is 0 Å². The van der Waals surface area contributed by atoms with Crippen LogP contribution < -0.4 is 0 Å². The van der Waals surface area contributed by atoms with Crippen LogP contribution >= 0.6 is 0 Å². The lowest BCUT2D eigenvalue weighted by Gasteiger charge is -2.34. The van der Waals surface area contributed by atoms with Gasteiger partial charge in [-0.25, -0.2) is 0 Å². The number of phenols is 2. The van der Waals surface area contributed by atoms with Gasteiger partial charge in [-0.1, -0.05) is 39.5 Å². The van der Waals surface area contributed by atoms with Gasteiger partial charge in [0, 0.05) is 6.07 Å². The summed E-state index contributed by atoms with van der Waals surface area (Å²) >= 11 is 0. The third-order valence-electron chi connectivity index (χ3n) is 4.41. The molecule has 1 rings (SSSR count). The molecule has 1 aromatic rings. The number of rotatable bonds is 8. The summed E-state index contributed by atoms with van der Waals surface area (Å²) in [5.74, 6) is -1.18. The second kappa shape index (κ2) is 7.34. The molecule has 0 aliphatic carbocycles. The van der Waals surface area contributed by atoms with Crippen LogP contribution in [0.15, 0.2) is 18.2 Å². The number of hydrogen-bond donors (Lipinski definition) is 3. The molecule has 3 N–H and O–H groups in total. The first-order valence-electron chi connectivity index (χ1n) is 7.63. The van der Waals surface area contributed by atoms with Crippen LogP contribution in [-0.2, 0) is 10.2 Å². The number of hydrogen-bond acceptors (Lipinski definition) is 3. The molecule has 0 saturated carbocycles. The van der Waals surface area contributed by atoms with Crippen LogP contribution in [0.5, 0.6) is 11.5 Å². The van der Waals surface area contributed by atoms with Gasteiger partial charge in [0.25, 0.3) is 0 Å². The minimum atomic E-state index is -1.11. The van der Waals surface area contributed by atoms with Crippen LogP contribution in [0.25, 0.3) is 0 Å². The summed E-state index contributed by atoms with van der Waals surface area (Å²) in [6.07, 6.45) is 4.72. The van der Waals surface area contributed by atoms with Crippen LogP contribution in [0.1, 0.15) is 58.4 Å². The van der Waals surface area contributed by atoms with Crippen molar-refractivity contribution in [2.75, 3.05) is 0 Å². The van der Waals surface area contributed by atoms with Crippen molar-refractivity contribution < 1.29 is 20.1 Å². The van der Waals surface area contributed by atoms with Crippen molar-refractivity contribution in [1.82, 2.24) is 0 Å². The van der Waals surface area contributed by atoms with E-state index in [1.54, 1.807) is 6.92 Å². The van der Waals surface area contributed by atoms with Gasteiger partial charge in [0.05, 0.1) is 5.41 Å². The Hall–Kier alpha value is -1.71. The lowest BCUT2D eigenvalue weighted by Crippen LogP contribution is -2.40. The molecular formula is C17H26O4. The molecule has 0 radical (unpaired) electrons. The topological polar surface area (TPSA) is 77.8 Å². The Balaban J connectivity index is 3.19. The average molecular weight is 294 g/mol. The zero-order valence-electron chi connectivity index (χ0n) is 13.1. The highest BCUT2D eigenvalue weighted by molar-refractivity contribution is 5.81. The fourth-order valence-corrected chi connectivity index (χ4v) is 2.97. The highest BCUT2D eigenvalue weighted by atomic mass is 16.4. The van der Waals surface area contributed by atoms with E-state index in [1.807, 2.05) is 6.92 Å². The van der Waals surface area contributed by atoms with Gasteiger partial charge in [0.2, 0.25) is 0 Å². The van der Waals surface area contributed by atoms with Crippen molar-refractivity contribution in [3.05, 3.63) is 23.8 Å². The first kappa shape index (κ1) is 17.3. The fraction of sp³-hybridized carbons (Fsp3) is 0.588. The number of phenolic OH excluding ortho intramolecular Hbond substituents is 2. The summed E-state index contributed by atoms with van der Waals surface area (Å²) in [7, 11) is 0. The van der Waals surface area contributed by atoms with Crippen LogP contribution in [-0.4, -0.2) is 21.3 Å². The number of aromatic hydroxyl groups is 2. The molecule has 2 unspecified atom stereocenters. The predicted octanol–water partition coefficient (Wildman–Crippen LogP) is 4.05. The monoisotopic (exact) mass is 294 g/mol. The van der Waals surface area contributed by atoms with E-state index < -0.39 is 11.4 Å². The predicted molar refractivity (Wildman–Crippen MR) is 82.7 cm³/mol. The third kappa shape index (κ3) is 3.90. The Morgan fingerprint density at radius 2 is 1.71 bits per heavy atom. The van der Waals surface area contributed by atoms with E-state index >= 15 is 0 Å². The molecule has 0 amide bonds. The molecule has 2 atom stereocenters. The van der Waals surface area contributed by atoms with Crippen molar-refractivity contribution in [1.29, 1.82) is 0 Å². The summed E-state index contributed by atoms with van der Waals surface area (Å²) in [6, 6.07) is 4.09. The Labute approximate surface area is 126 Å². The molecule has 4 nitrogen and oxygen atoms in total. The molecule has 0 fully saturated rings. The Kier molecular flexibility index (Phi) is 6.06. The van der Waals surface area contributed by atoms with Crippen molar-refractivity contribution >= 4 is 5.97 Å². The minimum Gasteiger partial charge on any atom is -0.508 e. The van der Waals surface area contributed by atoms with Gasteiger partial charge in [-0.3, -0.25) is 4.79 Å². The standard InChI is InChI=1S/C17H26O4/c1-4-6-7-8-12(5-2)17(3,16(20)21)13-9-14(18)11-15(19)10-13/h9-12,18-19H,4-8H2,1-3H3,(H,20,21). The van der Waals surface area contributed by atoms with Crippen LogP contribution in [0.3, 0.4) is 0 Å². The van der Waals surface area contributed by atoms with Crippen LogP contribution in [0.2, 0.25) is 0 Å². The van der Waals surface area contributed by atoms with Crippen molar-refractivity contribution in [2.45, 2.75) is 58.3 Å². The van der Waals surface area contributed by atoms with Crippen LogP contribution in [0.4, 0.5) is 0 Å². The normalized spacial score (nSPS) is 15.4. The van der Waals surface area contributed by atoms with Gasteiger partial charge < -0.3 is 15.3 Å². The average Bonchev–Trinajstić information content (AvgIpc) is 2.41. The molecule has 21 heavy (non-hydrogen) atoms. The van der Waals surface area contributed by atoms with E-state index in [9.17, 15) is 20.1 Å². The van der Waals surface area contributed by atoms with Gasteiger partial charge in [0.15, 0.2) is 0 Å². The van der Waals surface area contributed by atoms with E-state index in [-0.39, 0.29) is 17.4 Å². The second-order valence-corrected chi connectivity index (χ2v) is 5.85. The Morgan fingerprint density at radius 3 is 2.14 bits per heavy atom. The lowest BCUT2D eigenvalue weighted by molar-refractivity contribution is -0.145. The third-order valence-corrected chi connectivity index (χ3v) is 4.41. The fourth-order valence-electron chi connectivity index (χ4n) is 2.97. The summed E-state index contributed by atoms with van der Waals surface area (Å²) in [5, 5.41) is 29.1. The van der Waals surface area contributed by atoms with Crippen molar-refractivity contribution in [2.24, 2.45) is 5.92 Å². The van der Waals surface area contributed by atoms with E-state index in [1.165, 1.54) is 18.2 Å². The molecule has 0 spiro atoms. The largest absolute Gasteiger partial charge is 0.508 e. The molecule has 0 saturated heterocycles. The second-order valence-electron chi connectivity index (χ2n) is 5.85. The minimum absolute atomic E-state index is 0.0391. The lowest BCUT2D eigenvalue weighted by atomic mass is 9.68. The van der Waals surface area contributed by atoms with Gasteiger partial charge in [-0.15, -0.1) is 0 Å². The van der Waals surface area contributed by atoms with Gasteiger partial charge >= 0.3 is 5.97 Å². The zero-order chi connectivity index (χ0) is 16.0. The van der Waals surface area contributed by atoms with E-state index in [0.29, 0.717) is 5.56 Å². The summed E-state index contributed by atoms with van der Waals surface area (Å²) in [6.45, 7) is 5.79. The molecule has 0 bridgehead atoms. The number of carbonyl (C=O) groups is 1. The Morgan fingerprint density at radius 1 is 1.14 bits per heavy atom. The molecule has 1 aromatic carbocycles. The van der Waals surface area contributed by atoms with E-state index in [2.05, 4.69) is 6.92 Å². The van der Waals surface area contributed by atoms with Gasteiger partial charge in [-0.05, 0) is 37.0 Å². The maximum atomic E-state index is 11.9. The number of carboxylic acid groups (broad SMARTS) is 1. The molecule has 0 aromatic heterocycles. The maximum Gasteiger partial charge on any atom is 0.314 e. The first-order chi connectivity index (χ1) is 9.86.